The Balaban J connectivity index is 2.49. The molecule has 1 aromatic heterocycles. The Labute approximate surface area is 69.8 Å². The fraction of sp³-hybridized carbons (Fsp3) is 0.500. The number of amides is 2. The van der Waals surface area contributed by atoms with Crippen molar-refractivity contribution in [2.75, 3.05) is 7.05 Å². The molecule has 6 nitrogen and oxygen atoms in total. The molecule has 0 aliphatic rings. The summed E-state index contributed by atoms with van der Waals surface area (Å²) >= 11 is 0. The summed E-state index contributed by atoms with van der Waals surface area (Å²) in [5.41, 5.74) is 0. The summed E-state index contributed by atoms with van der Waals surface area (Å²) < 4.78 is 0. The normalized spacial score (nSPS) is 12.2. The van der Waals surface area contributed by atoms with E-state index in [0.29, 0.717) is 5.82 Å². The average Bonchev–Trinajstić information content (AvgIpc) is 2.56. The van der Waals surface area contributed by atoms with Gasteiger partial charge in [-0.1, -0.05) is 0 Å². The van der Waals surface area contributed by atoms with Gasteiger partial charge in [0.15, 0.2) is 0 Å². The van der Waals surface area contributed by atoms with Crippen LogP contribution < -0.4 is 10.6 Å². The molecule has 0 bridgehead atoms. The van der Waals surface area contributed by atoms with E-state index in [2.05, 4.69) is 25.8 Å². The Kier molecular flexibility index (Phi) is 2.62. The van der Waals surface area contributed by atoms with Gasteiger partial charge >= 0.3 is 6.03 Å². The van der Waals surface area contributed by atoms with Crippen molar-refractivity contribution in [3.63, 3.8) is 0 Å². The Morgan fingerprint density at radius 3 is 3.00 bits per heavy atom. The molecular weight excluding hydrogens is 158 g/mol. The van der Waals surface area contributed by atoms with Gasteiger partial charge in [-0.15, -0.1) is 0 Å². The molecule has 0 radical (unpaired) electrons. The molecule has 66 valence electrons. The lowest BCUT2D eigenvalue weighted by molar-refractivity contribution is 0.239. The number of rotatable bonds is 2. The molecular formula is C6H11N5O. The van der Waals surface area contributed by atoms with Gasteiger partial charge < -0.3 is 10.6 Å². The monoisotopic (exact) mass is 169 g/mol. The number of urea groups is 1. The maximum Gasteiger partial charge on any atom is 0.315 e. The molecule has 1 rings (SSSR count). The first-order valence-electron chi connectivity index (χ1n) is 3.57. The predicted molar refractivity (Wildman–Crippen MR) is 42.4 cm³/mol. The number of carbonyl (C=O) groups excluding carboxylic acids is 1. The number of nitrogens with zero attached hydrogens (tertiary/aromatic N) is 2. The molecule has 3 N–H and O–H groups in total. The van der Waals surface area contributed by atoms with Crippen LogP contribution in [-0.4, -0.2) is 28.3 Å². The van der Waals surface area contributed by atoms with E-state index in [4.69, 9.17) is 0 Å². The third kappa shape index (κ3) is 1.94. The number of hydrogen-bond acceptors (Lipinski definition) is 3. The van der Waals surface area contributed by atoms with Crippen LogP contribution in [0, 0.1) is 0 Å². The fourth-order valence-electron chi connectivity index (χ4n) is 0.761. The minimum atomic E-state index is -0.237. The van der Waals surface area contributed by atoms with E-state index in [0.717, 1.165) is 0 Å². The van der Waals surface area contributed by atoms with Gasteiger partial charge in [0.25, 0.3) is 0 Å². The summed E-state index contributed by atoms with van der Waals surface area (Å²) in [4.78, 5) is 14.7. The van der Waals surface area contributed by atoms with Crippen LogP contribution in [0.25, 0.3) is 0 Å². The highest BCUT2D eigenvalue weighted by atomic mass is 16.2. The maximum atomic E-state index is 10.8. The lowest BCUT2D eigenvalue weighted by Crippen LogP contribution is -2.34. The molecule has 0 aliphatic carbocycles. The van der Waals surface area contributed by atoms with E-state index in [1.807, 2.05) is 6.92 Å². The zero-order chi connectivity index (χ0) is 8.97. The average molecular weight is 169 g/mol. The SMILES string of the molecule is CNC(=O)NC(C)c1ncn[nH]1. The smallest absolute Gasteiger partial charge is 0.315 e. The third-order valence-electron chi connectivity index (χ3n) is 1.42. The first-order chi connectivity index (χ1) is 5.74. The largest absolute Gasteiger partial charge is 0.341 e. The summed E-state index contributed by atoms with van der Waals surface area (Å²) in [6.45, 7) is 1.82. The van der Waals surface area contributed by atoms with Crippen LogP contribution in [0.1, 0.15) is 18.8 Å². The van der Waals surface area contributed by atoms with Crippen LogP contribution >= 0.6 is 0 Å². The Bertz CT molecular complexity index is 244. The summed E-state index contributed by atoms with van der Waals surface area (Å²) in [7, 11) is 1.56. The van der Waals surface area contributed by atoms with E-state index < -0.39 is 0 Å². The third-order valence-corrected chi connectivity index (χ3v) is 1.42. The highest BCUT2D eigenvalue weighted by Crippen LogP contribution is 2.02. The van der Waals surface area contributed by atoms with Crippen molar-refractivity contribution in [2.45, 2.75) is 13.0 Å². The number of nitrogens with one attached hydrogen (secondary N) is 3. The molecule has 6 heteroatoms. The fourth-order valence-corrected chi connectivity index (χ4v) is 0.761. The second-order valence-electron chi connectivity index (χ2n) is 2.32. The summed E-state index contributed by atoms with van der Waals surface area (Å²) in [5.74, 6) is 0.638. The van der Waals surface area contributed by atoms with Gasteiger partial charge in [-0.05, 0) is 6.92 Å². The van der Waals surface area contributed by atoms with Gasteiger partial charge in [0.2, 0.25) is 0 Å². The molecule has 0 fully saturated rings. The molecule has 1 atom stereocenters. The zero-order valence-electron chi connectivity index (χ0n) is 6.96. The second-order valence-corrected chi connectivity index (χ2v) is 2.32. The van der Waals surface area contributed by atoms with E-state index >= 15 is 0 Å². The Morgan fingerprint density at radius 1 is 1.75 bits per heavy atom. The minimum absolute atomic E-state index is 0.160. The lowest BCUT2D eigenvalue weighted by atomic mass is 10.3. The highest BCUT2D eigenvalue weighted by molar-refractivity contribution is 5.73. The van der Waals surface area contributed by atoms with Crippen LogP contribution in [-0.2, 0) is 0 Å². The first kappa shape index (κ1) is 8.51. The van der Waals surface area contributed by atoms with Gasteiger partial charge in [0.1, 0.15) is 12.2 Å². The molecule has 0 saturated carbocycles. The van der Waals surface area contributed by atoms with Crippen molar-refractivity contribution in [3.05, 3.63) is 12.2 Å². The molecule has 2 amide bonds. The molecule has 0 aromatic carbocycles. The van der Waals surface area contributed by atoms with E-state index in [1.165, 1.54) is 6.33 Å². The van der Waals surface area contributed by atoms with Crippen molar-refractivity contribution in [1.82, 2.24) is 25.8 Å². The number of aromatic amines is 1. The van der Waals surface area contributed by atoms with Crippen molar-refractivity contribution < 1.29 is 4.79 Å². The first-order valence-corrected chi connectivity index (χ1v) is 3.57. The topological polar surface area (TPSA) is 82.7 Å². The van der Waals surface area contributed by atoms with Crippen molar-refractivity contribution in [3.8, 4) is 0 Å². The van der Waals surface area contributed by atoms with Crippen LogP contribution in [0.15, 0.2) is 6.33 Å². The quantitative estimate of drug-likeness (QED) is 0.573. The predicted octanol–water partition coefficient (Wildman–Crippen LogP) is -0.205. The minimum Gasteiger partial charge on any atom is -0.341 e. The van der Waals surface area contributed by atoms with Crippen LogP contribution in [0.4, 0.5) is 4.79 Å². The standard InChI is InChI=1S/C6H11N5O/c1-4(10-6(12)7-2)5-8-3-9-11-5/h3-4H,1-2H3,(H2,7,10,12)(H,8,9,11). The molecule has 1 aromatic rings. The highest BCUT2D eigenvalue weighted by Gasteiger charge is 2.09. The van der Waals surface area contributed by atoms with Crippen molar-refractivity contribution >= 4 is 6.03 Å². The summed E-state index contributed by atoms with van der Waals surface area (Å²) in [5, 5.41) is 11.4. The second kappa shape index (κ2) is 3.70. The molecule has 1 heterocycles. The van der Waals surface area contributed by atoms with Crippen LogP contribution in [0.3, 0.4) is 0 Å². The number of H-pyrrole nitrogens is 1. The van der Waals surface area contributed by atoms with Crippen molar-refractivity contribution in [2.24, 2.45) is 0 Å². The maximum absolute atomic E-state index is 10.8. The molecule has 0 saturated heterocycles. The van der Waals surface area contributed by atoms with Gasteiger partial charge in [-0.25, -0.2) is 9.78 Å². The number of aromatic nitrogens is 3. The van der Waals surface area contributed by atoms with Gasteiger partial charge in [-0.3, -0.25) is 5.10 Å². The number of hydrogen-bond donors (Lipinski definition) is 3. The molecule has 0 aliphatic heterocycles. The van der Waals surface area contributed by atoms with E-state index in [9.17, 15) is 4.79 Å². The van der Waals surface area contributed by atoms with Crippen LogP contribution in [0.2, 0.25) is 0 Å². The zero-order valence-corrected chi connectivity index (χ0v) is 6.96. The van der Waals surface area contributed by atoms with E-state index in [-0.39, 0.29) is 12.1 Å². The van der Waals surface area contributed by atoms with Crippen LogP contribution in [0.5, 0.6) is 0 Å². The summed E-state index contributed by atoms with van der Waals surface area (Å²) in [6, 6.07) is -0.397. The van der Waals surface area contributed by atoms with Gasteiger partial charge in [0.05, 0.1) is 6.04 Å². The summed E-state index contributed by atoms with van der Waals surface area (Å²) in [6.07, 6.45) is 1.40. The lowest BCUT2D eigenvalue weighted by Gasteiger charge is -2.09. The van der Waals surface area contributed by atoms with Gasteiger partial charge in [0, 0.05) is 7.05 Å². The molecule has 0 spiro atoms. The van der Waals surface area contributed by atoms with Crippen molar-refractivity contribution in [1.29, 1.82) is 0 Å². The Hall–Kier alpha value is -1.59. The van der Waals surface area contributed by atoms with Gasteiger partial charge in [-0.2, -0.15) is 5.10 Å². The Morgan fingerprint density at radius 2 is 2.50 bits per heavy atom. The number of carbonyl (C=O) groups is 1. The molecule has 1 unspecified atom stereocenters. The molecule has 12 heavy (non-hydrogen) atoms. The van der Waals surface area contributed by atoms with E-state index in [1.54, 1.807) is 7.05 Å².